The van der Waals surface area contributed by atoms with Gasteiger partial charge in [-0.3, -0.25) is 9.97 Å². The average Bonchev–Trinajstić information content (AvgIpc) is 3.17. The molecule has 0 amide bonds. The number of hydrogen-bond acceptors (Lipinski definition) is 2. The number of pyridine rings is 2. The smallest absolute Gasteiger partial charge is 0.0915 e. The van der Waals surface area contributed by atoms with E-state index in [9.17, 15) is 0 Å². The fourth-order valence-corrected chi connectivity index (χ4v) is 3.52. The molecule has 0 aromatic carbocycles. The first-order chi connectivity index (χ1) is 11.6. The minimum atomic E-state index is 0.400. The molecular weight excluding hydrogens is 296 g/mol. The SMILES string of the molecule is CC(C)c1cn(CC(C)c2c[nH]c3cnccc23)c2cccnc12. The molecule has 4 heteroatoms. The van der Waals surface area contributed by atoms with Gasteiger partial charge in [-0.25, -0.2) is 0 Å². The number of nitrogens with one attached hydrogen (secondary N) is 1. The lowest BCUT2D eigenvalue weighted by molar-refractivity contribution is 0.614. The zero-order valence-corrected chi connectivity index (χ0v) is 14.3. The summed E-state index contributed by atoms with van der Waals surface area (Å²) in [5.74, 6) is 0.870. The molecule has 4 nitrogen and oxygen atoms in total. The van der Waals surface area contributed by atoms with Gasteiger partial charge in [-0.15, -0.1) is 0 Å². The van der Waals surface area contributed by atoms with Crippen molar-refractivity contribution in [1.29, 1.82) is 0 Å². The van der Waals surface area contributed by atoms with E-state index in [1.807, 2.05) is 24.7 Å². The Morgan fingerprint density at radius 1 is 1.12 bits per heavy atom. The topological polar surface area (TPSA) is 46.5 Å². The molecule has 24 heavy (non-hydrogen) atoms. The van der Waals surface area contributed by atoms with Crippen molar-refractivity contribution >= 4 is 21.9 Å². The van der Waals surface area contributed by atoms with E-state index in [1.165, 1.54) is 22.0 Å². The molecule has 4 heterocycles. The molecule has 0 aliphatic carbocycles. The van der Waals surface area contributed by atoms with Gasteiger partial charge in [0, 0.05) is 42.6 Å². The molecule has 0 aliphatic heterocycles. The lowest BCUT2D eigenvalue weighted by atomic mass is 10.0. The standard InChI is InChI=1S/C20H22N4/c1-13(2)17-12-24(19-5-4-7-22-20(17)19)11-14(3)16-9-23-18-10-21-8-6-15(16)18/h4-10,12-14,23H,11H2,1-3H3. The maximum absolute atomic E-state index is 4.61. The maximum atomic E-state index is 4.61. The summed E-state index contributed by atoms with van der Waals surface area (Å²) in [7, 11) is 0. The summed E-state index contributed by atoms with van der Waals surface area (Å²) in [6.07, 6.45) is 10.0. The highest BCUT2D eigenvalue weighted by Crippen LogP contribution is 2.30. The Hall–Kier alpha value is -2.62. The largest absolute Gasteiger partial charge is 0.360 e. The maximum Gasteiger partial charge on any atom is 0.0915 e. The van der Waals surface area contributed by atoms with Crippen molar-refractivity contribution in [3.05, 3.63) is 60.3 Å². The molecule has 0 bridgehead atoms. The molecule has 0 saturated heterocycles. The number of hydrogen-bond donors (Lipinski definition) is 1. The van der Waals surface area contributed by atoms with E-state index < -0.39 is 0 Å². The molecule has 0 saturated carbocycles. The van der Waals surface area contributed by atoms with Crippen LogP contribution in [0.15, 0.2) is 49.2 Å². The number of nitrogens with zero attached hydrogens (tertiary/aromatic N) is 3. The Labute approximate surface area is 141 Å². The fourth-order valence-electron chi connectivity index (χ4n) is 3.52. The Kier molecular flexibility index (Phi) is 3.60. The highest BCUT2D eigenvalue weighted by molar-refractivity contribution is 5.83. The Morgan fingerprint density at radius 3 is 2.83 bits per heavy atom. The van der Waals surface area contributed by atoms with Gasteiger partial charge >= 0.3 is 0 Å². The van der Waals surface area contributed by atoms with Gasteiger partial charge in [-0.05, 0) is 35.2 Å². The lowest BCUT2D eigenvalue weighted by Gasteiger charge is -2.13. The van der Waals surface area contributed by atoms with Gasteiger partial charge in [0.25, 0.3) is 0 Å². The fraction of sp³-hybridized carbons (Fsp3) is 0.300. The van der Waals surface area contributed by atoms with Gasteiger partial charge in [0.2, 0.25) is 0 Å². The molecule has 0 aliphatic rings. The Balaban J connectivity index is 1.74. The van der Waals surface area contributed by atoms with Gasteiger partial charge in [0.05, 0.1) is 22.7 Å². The van der Waals surface area contributed by atoms with Crippen LogP contribution in [0.25, 0.3) is 21.9 Å². The van der Waals surface area contributed by atoms with Crippen LogP contribution in [0.5, 0.6) is 0 Å². The van der Waals surface area contributed by atoms with Crippen molar-refractivity contribution in [3.63, 3.8) is 0 Å². The van der Waals surface area contributed by atoms with Gasteiger partial charge in [0.1, 0.15) is 0 Å². The lowest BCUT2D eigenvalue weighted by Crippen LogP contribution is -2.05. The van der Waals surface area contributed by atoms with Gasteiger partial charge in [-0.1, -0.05) is 20.8 Å². The van der Waals surface area contributed by atoms with E-state index in [0.717, 1.165) is 17.6 Å². The number of fused-ring (bicyclic) bond motifs is 2. The van der Waals surface area contributed by atoms with Crippen LogP contribution < -0.4 is 0 Å². The number of rotatable bonds is 4. The summed E-state index contributed by atoms with van der Waals surface area (Å²) in [6.45, 7) is 7.66. The van der Waals surface area contributed by atoms with Crippen molar-refractivity contribution in [3.8, 4) is 0 Å². The van der Waals surface area contributed by atoms with Crippen molar-refractivity contribution in [1.82, 2.24) is 19.5 Å². The van der Waals surface area contributed by atoms with Gasteiger partial charge < -0.3 is 9.55 Å². The van der Waals surface area contributed by atoms with Crippen molar-refractivity contribution in [2.75, 3.05) is 0 Å². The summed E-state index contributed by atoms with van der Waals surface area (Å²) < 4.78 is 2.35. The van der Waals surface area contributed by atoms with Gasteiger partial charge in [-0.2, -0.15) is 0 Å². The van der Waals surface area contributed by atoms with Crippen LogP contribution in [0.4, 0.5) is 0 Å². The van der Waals surface area contributed by atoms with E-state index in [4.69, 9.17) is 0 Å². The third kappa shape index (κ3) is 2.39. The molecule has 0 spiro atoms. The van der Waals surface area contributed by atoms with Crippen molar-refractivity contribution in [2.45, 2.75) is 39.2 Å². The normalized spacial score (nSPS) is 13.2. The van der Waals surface area contributed by atoms with E-state index >= 15 is 0 Å². The number of aromatic nitrogens is 4. The highest BCUT2D eigenvalue weighted by Gasteiger charge is 2.16. The summed E-state index contributed by atoms with van der Waals surface area (Å²) in [6, 6.07) is 6.28. The molecule has 4 aromatic heterocycles. The van der Waals surface area contributed by atoms with Gasteiger partial charge in [0.15, 0.2) is 0 Å². The second-order valence-corrected chi connectivity index (χ2v) is 6.83. The molecule has 1 unspecified atom stereocenters. The summed E-state index contributed by atoms with van der Waals surface area (Å²) in [4.78, 5) is 12.1. The molecule has 4 aromatic rings. The first kappa shape index (κ1) is 14.9. The second kappa shape index (κ2) is 5.78. The number of H-pyrrole nitrogens is 1. The zero-order chi connectivity index (χ0) is 16.7. The summed E-state index contributed by atoms with van der Waals surface area (Å²) in [5.41, 5.74) is 6.10. The van der Waals surface area contributed by atoms with E-state index in [2.05, 4.69) is 64.8 Å². The van der Waals surface area contributed by atoms with E-state index in [-0.39, 0.29) is 0 Å². The molecule has 122 valence electrons. The number of aromatic amines is 1. The molecule has 1 N–H and O–H groups in total. The molecule has 1 atom stereocenters. The summed E-state index contributed by atoms with van der Waals surface area (Å²) >= 11 is 0. The van der Waals surface area contributed by atoms with Crippen molar-refractivity contribution < 1.29 is 0 Å². The van der Waals surface area contributed by atoms with Crippen LogP contribution in [-0.2, 0) is 6.54 Å². The quantitative estimate of drug-likeness (QED) is 0.585. The van der Waals surface area contributed by atoms with Crippen LogP contribution in [-0.4, -0.2) is 19.5 Å². The highest BCUT2D eigenvalue weighted by atomic mass is 15.0. The molecular formula is C20H22N4. The average molecular weight is 318 g/mol. The van der Waals surface area contributed by atoms with Crippen LogP contribution >= 0.6 is 0 Å². The minimum absolute atomic E-state index is 0.400. The van der Waals surface area contributed by atoms with Crippen LogP contribution in [0.1, 0.15) is 43.7 Å². The minimum Gasteiger partial charge on any atom is -0.360 e. The molecule has 4 rings (SSSR count). The van der Waals surface area contributed by atoms with Crippen LogP contribution in [0, 0.1) is 0 Å². The molecule has 0 radical (unpaired) electrons. The zero-order valence-electron chi connectivity index (χ0n) is 14.3. The first-order valence-electron chi connectivity index (χ1n) is 8.50. The van der Waals surface area contributed by atoms with Crippen LogP contribution in [0.3, 0.4) is 0 Å². The Morgan fingerprint density at radius 2 is 2.00 bits per heavy atom. The monoisotopic (exact) mass is 318 g/mol. The summed E-state index contributed by atoms with van der Waals surface area (Å²) in [5, 5.41) is 1.26. The second-order valence-electron chi connectivity index (χ2n) is 6.83. The molecule has 0 fully saturated rings. The predicted octanol–water partition coefficient (Wildman–Crippen LogP) is 4.84. The first-order valence-corrected chi connectivity index (χ1v) is 8.50. The third-order valence-electron chi connectivity index (χ3n) is 4.80. The Bertz CT molecular complexity index is 993. The van der Waals surface area contributed by atoms with E-state index in [0.29, 0.717) is 11.8 Å². The van der Waals surface area contributed by atoms with Crippen LogP contribution in [0.2, 0.25) is 0 Å². The van der Waals surface area contributed by atoms with E-state index in [1.54, 1.807) is 0 Å². The van der Waals surface area contributed by atoms with Crippen molar-refractivity contribution in [2.24, 2.45) is 0 Å². The predicted molar refractivity (Wildman–Crippen MR) is 98.3 cm³/mol. The third-order valence-corrected chi connectivity index (χ3v) is 4.80.